The molecule has 1 fully saturated rings. The molecule has 1 aromatic rings. The average Bonchev–Trinajstić information content (AvgIpc) is 3.05. The lowest BCUT2D eigenvalue weighted by Crippen LogP contribution is -2.31. The molecule has 2 rings (SSSR count). The third kappa shape index (κ3) is 5.60. The zero-order chi connectivity index (χ0) is 16.7. The van der Waals surface area contributed by atoms with Crippen LogP contribution in [0.15, 0.2) is 29.2 Å². The standard InChI is InChI=1S/C16H24N2O4S/c1-2-18-23(20,21)15-8-5-13(6-9-15)7-10-16(19)17-12-14-4-3-11-22-14/h5-6,8-9,14,18H,2-4,7,10-12H2,1H3,(H,17,19)/t14-/m1/s1. The third-order valence-electron chi connectivity index (χ3n) is 3.76. The predicted molar refractivity (Wildman–Crippen MR) is 87.6 cm³/mol. The van der Waals surface area contributed by atoms with Crippen molar-refractivity contribution >= 4 is 15.9 Å². The molecular formula is C16H24N2O4S. The SMILES string of the molecule is CCNS(=O)(=O)c1ccc(CCC(=O)NC[C@H]2CCCO2)cc1. The fraction of sp³-hybridized carbons (Fsp3) is 0.562. The molecule has 128 valence electrons. The lowest BCUT2D eigenvalue weighted by Gasteiger charge is -2.11. The van der Waals surface area contributed by atoms with E-state index in [1.807, 2.05) is 0 Å². The van der Waals surface area contributed by atoms with Gasteiger partial charge >= 0.3 is 0 Å². The van der Waals surface area contributed by atoms with Gasteiger partial charge in [0.2, 0.25) is 15.9 Å². The minimum absolute atomic E-state index is 0.00940. The summed E-state index contributed by atoms with van der Waals surface area (Å²) in [5.74, 6) is -0.00940. The summed E-state index contributed by atoms with van der Waals surface area (Å²) in [6, 6.07) is 6.63. The third-order valence-corrected chi connectivity index (χ3v) is 5.32. The summed E-state index contributed by atoms with van der Waals surface area (Å²) in [5, 5.41) is 2.88. The molecule has 0 saturated carbocycles. The summed E-state index contributed by atoms with van der Waals surface area (Å²) in [4.78, 5) is 12.1. The number of amides is 1. The van der Waals surface area contributed by atoms with Gasteiger partial charge in [0, 0.05) is 26.1 Å². The van der Waals surface area contributed by atoms with Crippen molar-refractivity contribution in [2.45, 2.75) is 43.6 Å². The van der Waals surface area contributed by atoms with E-state index >= 15 is 0 Å². The van der Waals surface area contributed by atoms with Gasteiger partial charge in [-0.25, -0.2) is 13.1 Å². The number of hydrogen-bond donors (Lipinski definition) is 2. The average molecular weight is 340 g/mol. The summed E-state index contributed by atoms with van der Waals surface area (Å²) < 4.78 is 31.6. The van der Waals surface area contributed by atoms with Crippen LogP contribution in [0, 0.1) is 0 Å². The number of ether oxygens (including phenoxy) is 1. The van der Waals surface area contributed by atoms with Crippen LogP contribution >= 0.6 is 0 Å². The Labute approximate surface area is 137 Å². The van der Waals surface area contributed by atoms with Crippen molar-refractivity contribution in [3.05, 3.63) is 29.8 Å². The van der Waals surface area contributed by atoms with Crippen molar-refractivity contribution < 1.29 is 17.9 Å². The molecule has 2 N–H and O–H groups in total. The van der Waals surface area contributed by atoms with Crippen LogP contribution in [0.1, 0.15) is 31.7 Å². The summed E-state index contributed by atoms with van der Waals surface area (Å²) >= 11 is 0. The highest BCUT2D eigenvalue weighted by atomic mass is 32.2. The highest BCUT2D eigenvalue weighted by molar-refractivity contribution is 7.89. The van der Waals surface area contributed by atoms with Crippen LogP contribution < -0.4 is 10.0 Å². The lowest BCUT2D eigenvalue weighted by molar-refractivity contribution is -0.121. The van der Waals surface area contributed by atoms with Crippen molar-refractivity contribution in [3.63, 3.8) is 0 Å². The maximum absolute atomic E-state index is 11.8. The van der Waals surface area contributed by atoms with Gasteiger partial charge in [-0.1, -0.05) is 19.1 Å². The molecule has 0 radical (unpaired) electrons. The van der Waals surface area contributed by atoms with Crippen LogP contribution in [0.5, 0.6) is 0 Å². The van der Waals surface area contributed by atoms with E-state index in [-0.39, 0.29) is 16.9 Å². The fourth-order valence-electron chi connectivity index (χ4n) is 2.49. The number of rotatable bonds is 8. The highest BCUT2D eigenvalue weighted by Crippen LogP contribution is 2.12. The number of carbonyl (C=O) groups is 1. The van der Waals surface area contributed by atoms with Crippen LogP contribution in [-0.4, -0.2) is 40.1 Å². The largest absolute Gasteiger partial charge is 0.376 e. The molecule has 6 nitrogen and oxygen atoms in total. The Morgan fingerprint density at radius 3 is 2.65 bits per heavy atom. The Morgan fingerprint density at radius 2 is 2.04 bits per heavy atom. The van der Waals surface area contributed by atoms with E-state index in [0.29, 0.717) is 25.9 Å². The van der Waals surface area contributed by atoms with Crippen molar-refractivity contribution in [1.29, 1.82) is 0 Å². The van der Waals surface area contributed by atoms with E-state index in [1.54, 1.807) is 31.2 Å². The lowest BCUT2D eigenvalue weighted by atomic mass is 10.1. The molecule has 1 aromatic carbocycles. The topological polar surface area (TPSA) is 84.5 Å². The summed E-state index contributed by atoms with van der Waals surface area (Å²) in [7, 11) is -3.42. The van der Waals surface area contributed by atoms with Gasteiger partial charge in [-0.15, -0.1) is 0 Å². The van der Waals surface area contributed by atoms with Gasteiger partial charge in [0.25, 0.3) is 0 Å². The Balaban J connectivity index is 1.78. The fourth-order valence-corrected chi connectivity index (χ4v) is 3.53. The molecule has 23 heavy (non-hydrogen) atoms. The molecule has 1 atom stereocenters. The Hall–Kier alpha value is -1.44. The van der Waals surface area contributed by atoms with E-state index in [1.165, 1.54) is 0 Å². The molecule has 1 aliphatic heterocycles. The molecule has 1 aliphatic rings. The van der Waals surface area contributed by atoms with E-state index in [2.05, 4.69) is 10.0 Å². The Morgan fingerprint density at radius 1 is 1.30 bits per heavy atom. The molecule has 1 saturated heterocycles. The van der Waals surface area contributed by atoms with Crippen LogP contribution in [-0.2, 0) is 26.0 Å². The highest BCUT2D eigenvalue weighted by Gasteiger charge is 2.16. The van der Waals surface area contributed by atoms with Gasteiger partial charge in [0.05, 0.1) is 11.0 Å². The summed E-state index contributed by atoms with van der Waals surface area (Å²) in [6.45, 7) is 3.44. The van der Waals surface area contributed by atoms with Crippen LogP contribution in [0.3, 0.4) is 0 Å². The molecule has 7 heteroatoms. The minimum atomic E-state index is -3.42. The number of carbonyl (C=O) groups excluding carboxylic acids is 1. The van der Waals surface area contributed by atoms with Gasteiger partial charge in [-0.05, 0) is 37.0 Å². The molecule has 0 unspecified atom stereocenters. The van der Waals surface area contributed by atoms with Gasteiger partial charge in [-0.3, -0.25) is 4.79 Å². The molecule has 0 aromatic heterocycles. The zero-order valence-electron chi connectivity index (χ0n) is 13.4. The number of nitrogens with one attached hydrogen (secondary N) is 2. The molecular weight excluding hydrogens is 316 g/mol. The second kappa shape index (κ2) is 8.42. The predicted octanol–water partition coefficient (Wildman–Crippen LogP) is 1.21. The van der Waals surface area contributed by atoms with E-state index in [9.17, 15) is 13.2 Å². The van der Waals surface area contributed by atoms with E-state index in [0.717, 1.165) is 25.0 Å². The summed E-state index contributed by atoms with van der Waals surface area (Å²) in [6.07, 6.45) is 3.17. The van der Waals surface area contributed by atoms with Crippen LogP contribution in [0.25, 0.3) is 0 Å². The van der Waals surface area contributed by atoms with Gasteiger partial charge in [0.1, 0.15) is 0 Å². The van der Waals surface area contributed by atoms with Gasteiger partial charge in [-0.2, -0.15) is 0 Å². The van der Waals surface area contributed by atoms with E-state index < -0.39 is 10.0 Å². The van der Waals surface area contributed by atoms with Gasteiger partial charge < -0.3 is 10.1 Å². The molecule has 0 spiro atoms. The van der Waals surface area contributed by atoms with Gasteiger partial charge in [0.15, 0.2) is 0 Å². The molecule has 1 heterocycles. The van der Waals surface area contributed by atoms with Crippen LogP contribution in [0.4, 0.5) is 0 Å². The number of hydrogen-bond acceptors (Lipinski definition) is 4. The van der Waals surface area contributed by atoms with Crippen LogP contribution in [0.2, 0.25) is 0 Å². The first-order valence-corrected chi connectivity index (χ1v) is 9.46. The molecule has 0 bridgehead atoms. The molecule has 1 amide bonds. The first-order valence-electron chi connectivity index (χ1n) is 7.98. The zero-order valence-corrected chi connectivity index (χ0v) is 14.2. The van der Waals surface area contributed by atoms with Crippen molar-refractivity contribution in [3.8, 4) is 0 Å². The number of sulfonamides is 1. The number of aryl methyl sites for hydroxylation is 1. The second-order valence-electron chi connectivity index (χ2n) is 5.58. The first kappa shape index (κ1) is 17.9. The van der Waals surface area contributed by atoms with Crippen molar-refractivity contribution in [2.24, 2.45) is 0 Å². The smallest absolute Gasteiger partial charge is 0.240 e. The maximum Gasteiger partial charge on any atom is 0.240 e. The normalized spacial score (nSPS) is 18.0. The monoisotopic (exact) mass is 340 g/mol. The quantitative estimate of drug-likeness (QED) is 0.745. The second-order valence-corrected chi connectivity index (χ2v) is 7.35. The van der Waals surface area contributed by atoms with E-state index in [4.69, 9.17) is 4.74 Å². The Bertz CT molecular complexity index is 607. The summed E-state index contributed by atoms with van der Waals surface area (Å²) in [5.41, 5.74) is 0.938. The molecule has 0 aliphatic carbocycles. The number of benzene rings is 1. The first-order chi connectivity index (χ1) is 11.0. The van der Waals surface area contributed by atoms with Crippen molar-refractivity contribution in [1.82, 2.24) is 10.0 Å². The minimum Gasteiger partial charge on any atom is -0.376 e. The maximum atomic E-state index is 11.8. The van der Waals surface area contributed by atoms with Crippen molar-refractivity contribution in [2.75, 3.05) is 19.7 Å². The Kier molecular flexibility index (Phi) is 6.56.